The third kappa shape index (κ3) is 4.89. The van der Waals surface area contributed by atoms with Crippen molar-refractivity contribution < 1.29 is 0 Å². The zero-order valence-electron chi connectivity index (χ0n) is 11.7. The predicted molar refractivity (Wildman–Crippen MR) is 88.7 cm³/mol. The lowest BCUT2D eigenvalue weighted by atomic mass is 10.1. The van der Waals surface area contributed by atoms with E-state index in [4.69, 9.17) is 22.2 Å². The van der Waals surface area contributed by atoms with E-state index in [1.165, 1.54) is 11.1 Å². The van der Waals surface area contributed by atoms with Gasteiger partial charge in [-0.2, -0.15) is 0 Å². The van der Waals surface area contributed by atoms with Gasteiger partial charge in [-0.25, -0.2) is 0 Å². The fourth-order valence-electron chi connectivity index (χ4n) is 2.05. The molecule has 106 valence electrons. The lowest BCUT2D eigenvalue weighted by Gasteiger charge is -2.10. The Morgan fingerprint density at radius 3 is 2.35 bits per heavy atom. The van der Waals surface area contributed by atoms with Crippen LogP contribution >= 0.6 is 22.2 Å². The Kier molecular flexibility index (Phi) is 5.19. The molecule has 0 saturated heterocycles. The molecule has 0 N–H and O–H groups in total. The number of hydrogen-bond acceptors (Lipinski definition) is 2. The van der Waals surface area contributed by atoms with Crippen molar-refractivity contribution in [1.29, 1.82) is 0 Å². The van der Waals surface area contributed by atoms with Crippen LogP contribution in [0.15, 0.2) is 36.7 Å². The molecule has 2 heterocycles. The highest BCUT2D eigenvalue weighted by Crippen LogP contribution is 2.23. The number of rotatable bonds is 5. The predicted octanol–water partition coefficient (Wildman–Crippen LogP) is 4.93. The molecule has 0 radical (unpaired) electrons. The number of hydrogen-bond donors (Lipinski definition) is 0. The van der Waals surface area contributed by atoms with Crippen molar-refractivity contribution in [2.75, 3.05) is 0 Å². The van der Waals surface area contributed by atoms with Crippen LogP contribution in [0.2, 0.25) is 12.6 Å². The molecule has 0 saturated carbocycles. The maximum atomic E-state index is 6.13. The summed E-state index contributed by atoms with van der Waals surface area (Å²) in [5, 5.41) is 0. The molecule has 2 nitrogen and oxygen atoms in total. The van der Waals surface area contributed by atoms with Crippen LogP contribution in [0.3, 0.4) is 0 Å². The van der Waals surface area contributed by atoms with Gasteiger partial charge in [0, 0.05) is 12.4 Å². The third-order valence-electron chi connectivity index (χ3n) is 3.08. The summed E-state index contributed by atoms with van der Waals surface area (Å²) in [6.07, 6.45) is 5.65. The highest BCUT2D eigenvalue weighted by molar-refractivity contribution is 7.44. The van der Waals surface area contributed by atoms with Crippen LogP contribution < -0.4 is 0 Å². The number of nitrogens with zero attached hydrogens (tertiary/aromatic N) is 2. The molecule has 0 aromatic carbocycles. The van der Waals surface area contributed by atoms with E-state index in [9.17, 15) is 0 Å². The Bertz CT molecular complexity index is 582. The monoisotopic (exact) mass is 324 g/mol. The van der Waals surface area contributed by atoms with Gasteiger partial charge in [0.2, 0.25) is 6.69 Å². The molecule has 0 bridgehead atoms. The molecule has 0 unspecified atom stereocenters. The quantitative estimate of drug-likeness (QED) is 0.575. The molecular weight excluding hydrogens is 307 g/mol. The van der Waals surface area contributed by atoms with Crippen molar-refractivity contribution in [2.24, 2.45) is 0 Å². The maximum absolute atomic E-state index is 6.13. The van der Waals surface area contributed by atoms with Crippen LogP contribution in [0.25, 0.3) is 11.4 Å². The first-order valence-electron chi connectivity index (χ1n) is 6.70. The lowest BCUT2D eigenvalue weighted by Crippen LogP contribution is -2.12. The number of pyridine rings is 2. The molecule has 0 amide bonds. The molecule has 0 atom stereocenters. The number of aryl methyl sites for hydroxylation is 2. The zero-order chi connectivity index (χ0) is 14.6. The number of aromatic nitrogens is 2. The topological polar surface area (TPSA) is 25.8 Å². The summed E-state index contributed by atoms with van der Waals surface area (Å²) in [5.74, 6) is 0. The first kappa shape index (κ1) is 15.5. The van der Waals surface area contributed by atoms with E-state index >= 15 is 0 Å². The van der Waals surface area contributed by atoms with Crippen molar-refractivity contribution in [3.05, 3.63) is 47.8 Å². The Balaban J connectivity index is 2.08. The second kappa shape index (κ2) is 6.70. The Morgan fingerprint density at radius 1 is 1.05 bits per heavy atom. The van der Waals surface area contributed by atoms with Crippen molar-refractivity contribution >= 4 is 28.9 Å². The maximum Gasteiger partial charge on any atom is 0.248 e. The van der Waals surface area contributed by atoms with Crippen molar-refractivity contribution in [3.8, 4) is 11.4 Å². The largest absolute Gasteiger partial charge is 0.255 e. The molecule has 2 aromatic heterocycles. The van der Waals surface area contributed by atoms with Gasteiger partial charge in [0.25, 0.3) is 0 Å². The molecule has 0 spiro atoms. The minimum atomic E-state index is -1.98. The summed E-state index contributed by atoms with van der Waals surface area (Å²) in [7, 11) is 0. The normalized spacial score (nSPS) is 11.6. The smallest absolute Gasteiger partial charge is 0.248 e. The molecule has 0 aliphatic heterocycles. The van der Waals surface area contributed by atoms with Gasteiger partial charge in [-0.05, 0) is 67.7 Å². The van der Waals surface area contributed by atoms with E-state index in [1.54, 1.807) is 0 Å². The Hall–Kier alpha value is -0.903. The molecule has 20 heavy (non-hydrogen) atoms. The van der Waals surface area contributed by atoms with Gasteiger partial charge in [0.15, 0.2) is 0 Å². The van der Waals surface area contributed by atoms with E-state index in [0.29, 0.717) is 0 Å². The van der Waals surface area contributed by atoms with Gasteiger partial charge >= 0.3 is 0 Å². The fourth-order valence-corrected chi connectivity index (χ4v) is 3.65. The molecular formula is C15H18Cl2N2Si. The van der Waals surface area contributed by atoms with Crippen LogP contribution in [-0.2, 0) is 6.42 Å². The standard InChI is InChI=1S/C15H18Cl2N2Si/c1-12-5-7-18-14(10-12)15-11-13(6-8-19-15)4-3-9-20(2,16)17/h5-8,10-11H,3-4,9H2,1-2H3. The Labute approximate surface area is 130 Å². The average molecular weight is 325 g/mol. The molecule has 0 aliphatic rings. The van der Waals surface area contributed by atoms with Gasteiger partial charge in [-0.1, -0.05) is 0 Å². The summed E-state index contributed by atoms with van der Waals surface area (Å²) >= 11 is 12.3. The highest BCUT2D eigenvalue weighted by atomic mass is 35.7. The lowest BCUT2D eigenvalue weighted by molar-refractivity contribution is 0.908. The van der Waals surface area contributed by atoms with Gasteiger partial charge in [-0.15, -0.1) is 22.2 Å². The number of halogens is 2. The second-order valence-electron chi connectivity index (χ2n) is 5.19. The van der Waals surface area contributed by atoms with E-state index in [0.717, 1.165) is 30.3 Å². The molecule has 2 aromatic rings. The summed E-state index contributed by atoms with van der Waals surface area (Å²) in [4.78, 5) is 8.77. The molecule has 5 heteroatoms. The van der Waals surface area contributed by atoms with Crippen molar-refractivity contribution in [2.45, 2.75) is 32.4 Å². The summed E-state index contributed by atoms with van der Waals surface area (Å²) < 4.78 is 0. The van der Waals surface area contributed by atoms with E-state index in [-0.39, 0.29) is 0 Å². The minimum Gasteiger partial charge on any atom is -0.255 e. The van der Waals surface area contributed by atoms with Gasteiger partial charge in [0.05, 0.1) is 11.4 Å². The molecule has 0 fully saturated rings. The second-order valence-corrected chi connectivity index (χ2v) is 13.4. The van der Waals surface area contributed by atoms with Gasteiger partial charge in [-0.3, -0.25) is 9.97 Å². The van der Waals surface area contributed by atoms with E-state index in [1.807, 2.05) is 37.1 Å². The highest BCUT2D eigenvalue weighted by Gasteiger charge is 2.19. The zero-order valence-corrected chi connectivity index (χ0v) is 14.2. The minimum absolute atomic E-state index is 0.913. The Morgan fingerprint density at radius 2 is 1.70 bits per heavy atom. The van der Waals surface area contributed by atoms with E-state index in [2.05, 4.69) is 23.0 Å². The van der Waals surface area contributed by atoms with Gasteiger partial charge < -0.3 is 0 Å². The summed E-state index contributed by atoms with van der Waals surface area (Å²) in [6.45, 7) is 2.04. The fraction of sp³-hybridized carbons (Fsp3) is 0.333. The molecule has 2 rings (SSSR count). The van der Waals surface area contributed by atoms with Crippen LogP contribution in [-0.4, -0.2) is 16.7 Å². The van der Waals surface area contributed by atoms with Gasteiger partial charge in [0.1, 0.15) is 0 Å². The van der Waals surface area contributed by atoms with E-state index < -0.39 is 6.69 Å². The SMILES string of the molecule is Cc1ccnc(-c2cc(CCC[Si](C)(Cl)Cl)ccn2)c1. The first-order valence-corrected chi connectivity index (χ1v) is 11.4. The third-order valence-corrected chi connectivity index (χ3v) is 5.45. The average Bonchev–Trinajstić information content (AvgIpc) is 2.38. The van der Waals surface area contributed by atoms with Crippen molar-refractivity contribution in [1.82, 2.24) is 9.97 Å². The summed E-state index contributed by atoms with van der Waals surface area (Å²) in [6, 6.07) is 9.09. The van der Waals surface area contributed by atoms with Crippen LogP contribution in [0.5, 0.6) is 0 Å². The molecule has 0 aliphatic carbocycles. The van der Waals surface area contributed by atoms with Crippen molar-refractivity contribution in [3.63, 3.8) is 0 Å². The first-order chi connectivity index (χ1) is 9.44. The van der Waals surface area contributed by atoms with Crippen LogP contribution in [0.4, 0.5) is 0 Å². The van der Waals surface area contributed by atoms with Crippen LogP contribution in [0.1, 0.15) is 17.5 Å². The summed E-state index contributed by atoms with van der Waals surface area (Å²) in [5.41, 5.74) is 4.28. The van der Waals surface area contributed by atoms with Crippen LogP contribution in [0, 0.1) is 6.92 Å².